The SMILES string of the molecule is OCc1cccc2nc(-c3nn[nH]n3)cn12. The van der Waals surface area contributed by atoms with Crippen molar-refractivity contribution in [2.45, 2.75) is 6.61 Å². The van der Waals surface area contributed by atoms with Gasteiger partial charge in [-0.15, -0.1) is 10.2 Å². The molecule has 0 atom stereocenters. The second-order valence-electron chi connectivity index (χ2n) is 3.26. The molecule has 0 radical (unpaired) electrons. The molecule has 0 fully saturated rings. The number of nitrogens with zero attached hydrogens (tertiary/aromatic N) is 5. The third-order valence-electron chi connectivity index (χ3n) is 2.31. The number of aliphatic hydroxyl groups is 1. The molecule has 0 saturated carbocycles. The molecule has 0 aliphatic carbocycles. The molecule has 3 aromatic rings. The minimum absolute atomic E-state index is 0.0423. The minimum Gasteiger partial charge on any atom is -0.390 e. The molecule has 0 aliphatic rings. The van der Waals surface area contributed by atoms with Crippen LogP contribution in [0.2, 0.25) is 0 Å². The molecule has 0 aliphatic heterocycles. The molecule has 0 aromatic carbocycles. The Hall–Kier alpha value is -2.28. The van der Waals surface area contributed by atoms with Crippen molar-refractivity contribution in [3.63, 3.8) is 0 Å². The first-order valence-corrected chi connectivity index (χ1v) is 4.70. The van der Waals surface area contributed by atoms with Gasteiger partial charge in [0.05, 0.1) is 6.61 Å². The van der Waals surface area contributed by atoms with E-state index in [1.807, 2.05) is 18.2 Å². The molecule has 0 saturated heterocycles. The van der Waals surface area contributed by atoms with E-state index in [1.165, 1.54) is 0 Å². The van der Waals surface area contributed by atoms with Gasteiger partial charge in [-0.3, -0.25) is 0 Å². The first-order chi connectivity index (χ1) is 7.88. The van der Waals surface area contributed by atoms with E-state index in [9.17, 15) is 5.11 Å². The Morgan fingerprint density at radius 1 is 1.38 bits per heavy atom. The highest BCUT2D eigenvalue weighted by Crippen LogP contribution is 2.15. The summed E-state index contributed by atoms with van der Waals surface area (Å²) in [5, 5.41) is 22.7. The van der Waals surface area contributed by atoms with Crippen LogP contribution in [0.1, 0.15) is 5.69 Å². The Bertz CT molecular complexity index is 614. The third-order valence-corrected chi connectivity index (χ3v) is 2.31. The highest BCUT2D eigenvalue weighted by Gasteiger charge is 2.09. The molecule has 3 heterocycles. The fraction of sp³-hybridized carbons (Fsp3) is 0.111. The van der Waals surface area contributed by atoms with Crippen molar-refractivity contribution in [2.75, 3.05) is 0 Å². The molecule has 0 bridgehead atoms. The van der Waals surface area contributed by atoms with Crippen LogP contribution in [0.25, 0.3) is 17.2 Å². The van der Waals surface area contributed by atoms with Gasteiger partial charge in [0, 0.05) is 11.9 Å². The van der Waals surface area contributed by atoms with Crippen molar-refractivity contribution in [3.05, 3.63) is 30.1 Å². The zero-order chi connectivity index (χ0) is 11.0. The van der Waals surface area contributed by atoms with Crippen LogP contribution in [0.3, 0.4) is 0 Å². The van der Waals surface area contributed by atoms with Crippen molar-refractivity contribution < 1.29 is 5.11 Å². The average molecular weight is 216 g/mol. The number of H-pyrrole nitrogens is 1. The lowest BCUT2D eigenvalue weighted by Gasteiger charge is -1.99. The highest BCUT2D eigenvalue weighted by atomic mass is 16.3. The van der Waals surface area contributed by atoms with Crippen molar-refractivity contribution in [1.29, 1.82) is 0 Å². The van der Waals surface area contributed by atoms with Crippen LogP contribution in [0.15, 0.2) is 24.4 Å². The number of aromatic nitrogens is 6. The van der Waals surface area contributed by atoms with Gasteiger partial charge >= 0.3 is 0 Å². The van der Waals surface area contributed by atoms with E-state index >= 15 is 0 Å². The number of fused-ring (bicyclic) bond motifs is 1. The summed E-state index contributed by atoms with van der Waals surface area (Å²) in [6.45, 7) is -0.0423. The van der Waals surface area contributed by atoms with E-state index in [0.29, 0.717) is 11.5 Å². The lowest BCUT2D eigenvalue weighted by Crippen LogP contribution is -1.93. The van der Waals surface area contributed by atoms with Gasteiger partial charge in [-0.2, -0.15) is 5.21 Å². The predicted molar refractivity (Wildman–Crippen MR) is 54.3 cm³/mol. The number of nitrogens with one attached hydrogen (secondary N) is 1. The summed E-state index contributed by atoms with van der Waals surface area (Å²) < 4.78 is 1.80. The maximum absolute atomic E-state index is 9.18. The van der Waals surface area contributed by atoms with Gasteiger partial charge in [-0.05, 0) is 17.3 Å². The fourth-order valence-corrected chi connectivity index (χ4v) is 1.57. The Balaban J connectivity index is 2.23. The van der Waals surface area contributed by atoms with E-state index in [1.54, 1.807) is 10.6 Å². The quantitative estimate of drug-likeness (QED) is 0.629. The third kappa shape index (κ3) is 1.26. The smallest absolute Gasteiger partial charge is 0.224 e. The standard InChI is InChI=1S/C9H8N6O/c16-5-6-2-1-3-8-10-7(4-15(6)8)9-11-13-14-12-9/h1-4,16H,5H2,(H,11,12,13,14). The van der Waals surface area contributed by atoms with E-state index in [4.69, 9.17) is 0 Å². The summed E-state index contributed by atoms with van der Waals surface area (Å²) in [7, 11) is 0. The maximum Gasteiger partial charge on any atom is 0.224 e. The van der Waals surface area contributed by atoms with Gasteiger partial charge in [0.2, 0.25) is 5.82 Å². The lowest BCUT2D eigenvalue weighted by atomic mass is 10.3. The summed E-state index contributed by atoms with van der Waals surface area (Å²) in [6.07, 6.45) is 1.77. The van der Waals surface area contributed by atoms with Crippen LogP contribution in [-0.2, 0) is 6.61 Å². The Morgan fingerprint density at radius 3 is 3.06 bits per heavy atom. The maximum atomic E-state index is 9.18. The molecule has 7 heteroatoms. The Labute approximate surface area is 89.8 Å². The van der Waals surface area contributed by atoms with Crippen molar-refractivity contribution in [3.8, 4) is 11.5 Å². The number of hydrogen-bond acceptors (Lipinski definition) is 5. The molecule has 2 N–H and O–H groups in total. The van der Waals surface area contributed by atoms with Crippen molar-refractivity contribution in [2.24, 2.45) is 0 Å². The molecular formula is C9H8N6O. The number of rotatable bonds is 2. The topological polar surface area (TPSA) is 92.0 Å². The summed E-state index contributed by atoms with van der Waals surface area (Å²) >= 11 is 0. The largest absolute Gasteiger partial charge is 0.390 e. The van der Waals surface area contributed by atoms with Gasteiger partial charge in [0.25, 0.3) is 0 Å². The van der Waals surface area contributed by atoms with Crippen LogP contribution < -0.4 is 0 Å². The van der Waals surface area contributed by atoms with E-state index in [0.717, 1.165) is 11.3 Å². The van der Waals surface area contributed by atoms with E-state index in [-0.39, 0.29) is 6.61 Å². The summed E-state index contributed by atoms with van der Waals surface area (Å²) in [5.74, 6) is 0.438. The number of aliphatic hydroxyl groups excluding tert-OH is 1. The number of aromatic amines is 1. The first-order valence-electron chi connectivity index (χ1n) is 4.70. The minimum atomic E-state index is -0.0423. The van der Waals surface area contributed by atoms with Crippen molar-refractivity contribution >= 4 is 5.65 Å². The van der Waals surface area contributed by atoms with Crippen LogP contribution >= 0.6 is 0 Å². The van der Waals surface area contributed by atoms with Gasteiger partial charge in [0.15, 0.2) is 0 Å². The Kier molecular flexibility index (Phi) is 1.90. The van der Waals surface area contributed by atoms with E-state index < -0.39 is 0 Å². The molecule has 80 valence electrons. The second-order valence-corrected chi connectivity index (χ2v) is 3.26. The zero-order valence-corrected chi connectivity index (χ0v) is 8.20. The van der Waals surface area contributed by atoms with Crippen LogP contribution in [0, 0.1) is 0 Å². The Morgan fingerprint density at radius 2 is 2.31 bits per heavy atom. The molecule has 0 spiro atoms. The zero-order valence-electron chi connectivity index (χ0n) is 8.20. The molecule has 3 rings (SSSR count). The molecule has 0 amide bonds. The second kappa shape index (κ2) is 3.38. The normalized spacial score (nSPS) is 11.1. The first kappa shape index (κ1) is 8.98. The molecule has 0 unspecified atom stereocenters. The lowest BCUT2D eigenvalue weighted by molar-refractivity contribution is 0.275. The predicted octanol–water partition coefficient (Wildman–Crippen LogP) is 0.00670. The number of tetrazole rings is 1. The summed E-state index contributed by atoms with van der Waals surface area (Å²) in [4.78, 5) is 4.33. The van der Waals surface area contributed by atoms with Gasteiger partial charge in [-0.25, -0.2) is 4.98 Å². The van der Waals surface area contributed by atoms with Gasteiger partial charge in [-0.1, -0.05) is 6.07 Å². The summed E-state index contributed by atoms with van der Waals surface area (Å²) in [5.41, 5.74) is 2.13. The fourth-order valence-electron chi connectivity index (χ4n) is 1.57. The average Bonchev–Trinajstić information content (AvgIpc) is 2.96. The summed E-state index contributed by atoms with van der Waals surface area (Å²) in [6, 6.07) is 5.52. The molecule has 7 nitrogen and oxygen atoms in total. The van der Waals surface area contributed by atoms with Gasteiger partial charge < -0.3 is 9.51 Å². The number of pyridine rings is 1. The van der Waals surface area contributed by atoms with Crippen LogP contribution in [0.4, 0.5) is 0 Å². The van der Waals surface area contributed by atoms with E-state index in [2.05, 4.69) is 25.6 Å². The highest BCUT2D eigenvalue weighted by molar-refractivity contribution is 5.55. The van der Waals surface area contributed by atoms with Gasteiger partial charge in [0.1, 0.15) is 11.3 Å². The molecule has 16 heavy (non-hydrogen) atoms. The number of hydrogen-bond donors (Lipinski definition) is 2. The van der Waals surface area contributed by atoms with Crippen LogP contribution in [0.5, 0.6) is 0 Å². The molecule has 3 aromatic heterocycles. The molecular weight excluding hydrogens is 208 g/mol. The van der Waals surface area contributed by atoms with Crippen molar-refractivity contribution in [1.82, 2.24) is 30.0 Å². The monoisotopic (exact) mass is 216 g/mol. The van der Waals surface area contributed by atoms with Crippen LogP contribution in [-0.4, -0.2) is 35.1 Å². The number of imidazole rings is 1.